The van der Waals surface area contributed by atoms with Gasteiger partial charge in [0.05, 0.1) is 17.1 Å². The standard InChI is InChI=1S/C19H15Br2NO4/c1-25-18-15(8-12(20)9-16(18)21)19(24)22-13-4-2-3-11(7-13)17-6-5-14(10-23)26-17/h2-9,23H,10H2,1H3,(H,22,24). The number of carbonyl (C=O) groups is 1. The van der Waals surface area contributed by atoms with Crippen LogP contribution in [0.5, 0.6) is 5.75 Å². The summed E-state index contributed by atoms with van der Waals surface area (Å²) in [7, 11) is 1.51. The highest BCUT2D eigenvalue weighted by atomic mass is 79.9. The summed E-state index contributed by atoms with van der Waals surface area (Å²) in [5, 5.41) is 12.0. The Morgan fingerprint density at radius 2 is 2.00 bits per heavy atom. The molecule has 1 aromatic heterocycles. The van der Waals surface area contributed by atoms with E-state index in [1.54, 1.807) is 30.3 Å². The van der Waals surface area contributed by atoms with Crippen molar-refractivity contribution in [2.45, 2.75) is 6.61 Å². The Kier molecular flexibility index (Phi) is 5.80. The van der Waals surface area contributed by atoms with Gasteiger partial charge in [0.1, 0.15) is 23.9 Å². The van der Waals surface area contributed by atoms with Crippen molar-refractivity contribution in [3.63, 3.8) is 0 Å². The first-order valence-corrected chi connectivity index (χ1v) is 9.25. The predicted octanol–water partition coefficient (Wildman–Crippen LogP) is 5.22. The number of nitrogens with one attached hydrogen (secondary N) is 1. The number of halogens is 2. The van der Waals surface area contributed by atoms with Gasteiger partial charge in [0.2, 0.25) is 0 Å². The van der Waals surface area contributed by atoms with Crippen LogP contribution in [-0.2, 0) is 6.61 Å². The molecule has 0 saturated heterocycles. The number of furan rings is 1. The van der Waals surface area contributed by atoms with Gasteiger partial charge in [-0.3, -0.25) is 4.79 Å². The molecule has 0 spiro atoms. The molecule has 0 unspecified atom stereocenters. The van der Waals surface area contributed by atoms with E-state index in [4.69, 9.17) is 14.3 Å². The van der Waals surface area contributed by atoms with Crippen LogP contribution in [0.25, 0.3) is 11.3 Å². The highest BCUT2D eigenvalue weighted by molar-refractivity contribution is 9.11. The van der Waals surface area contributed by atoms with Crippen LogP contribution in [0.15, 0.2) is 61.9 Å². The summed E-state index contributed by atoms with van der Waals surface area (Å²) in [6.07, 6.45) is 0. The van der Waals surface area contributed by atoms with E-state index in [-0.39, 0.29) is 12.5 Å². The molecule has 2 N–H and O–H groups in total. The van der Waals surface area contributed by atoms with Gasteiger partial charge >= 0.3 is 0 Å². The maximum Gasteiger partial charge on any atom is 0.259 e. The smallest absolute Gasteiger partial charge is 0.259 e. The molecule has 26 heavy (non-hydrogen) atoms. The topological polar surface area (TPSA) is 71.7 Å². The van der Waals surface area contributed by atoms with E-state index in [0.29, 0.717) is 33.0 Å². The lowest BCUT2D eigenvalue weighted by Gasteiger charge is -2.12. The molecule has 0 saturated carbocycles. The number of rotatable bonds is 5. The van der Waals surface area contributed by atoms with E-state index in [1.165, 1.54) is 7.11 Å². The molecule has 0 aliphatic rings. The lowest BCUT2D eigenvalue weighted by molar-refractivity contribution is 0.102. The van der Waals surface area contributed by atoms with Crippen LogP contribution < -0.4 is 10.1 Å². The lowest BCUT2D eigenvalue weighted by Crippen LogP contribution is -2.13. The van der Waals surface area contributed by atoms with Crippen LogP contribution in [0, 0.1) is 0 Å². The van der Waals surface area contributed by atoms with Crippen molar-refractivity contribution in [2.75, 3.05) is 12.4 Å². The minimum Gasteiger partial charge on any atom is -0.495 e. The molecule has 134 valence electrons. The molecule has 0 fully saturated rings. The molecule has 1 amide bonds. The third-order valence-corrected chi connectivity index (χ3v) is 4.73. The number of hydrogen-bond donors (Lipinski definition) is 2. The Labute approximate surface area is 167 Å². The summed E-state index contributed by atoms with van der Waals surface area (Å²) in [5.41, 5.74) is 1.82. The Morgan fingerprint density at radius 1 is 1.19 bits per heavy atom. The van der Waals surface area contributed by atoms with Crippen molar-refractivity contribution < 1.29 is 19.1 Å². The fraction of sp³-hybridized carbons (Fsp3) is 0.105. The SMILES string of the molecule is COc1c(Br)cc(Br)cc1C(=O)Nc1cccc(-c2ccc(CO)o2)c1. The molecule has 1 heterocycles. The summed E-state index contributed by atoms with van der Waals surface area (Å²) < 4.78 is 12.3. The molecule has 0 atom stereocenters. The summed E-state index contributed by atoms with van der Waals surface area (Å²) >= 11 is 6.78. The number of benzene rings is 2. The Hall–Kier alpha value is -2.09. The Bertz CT molecular complexity index is 952. The summed E-state index contributed by atoms with van der Waals surface area (Å²) in [6.45, 7) is -0.159. The third-order valence-electron chi connectivity index (χ3n) is 3.68. The number of hydrogen-bond acceptors (Lipinski definition) is 4. The number of carbonyl (C=O) groups excluding carboxylic acids is 1. The molecule has 7 heteroatoms. The number of amides is 1. The number of ether oxygens (including phenoxy) is 1. The molecular weight excluding hydrogens is 466 g/mol. The van der Waals surface area contributed by atoms with Gasteiger partial charge in [0.25, 0.3) is 5.91 Å². The zero-order valence-corrected chi connectivity index (χ0v) is 16.9. The van der Waals surface area contributed by atoms with Gasteiger partial charge in [0.15, 0.2) is 0 Å². The second kappa shape index (κ2) is 8.07. The highest BCUT2D eigenvalue weighted by Crippen LogP contribution is 2.33. The van der Waals surface area contributed by atoms with Crippen molar-refractivity contribution in [1.29, 1.82) is 0 Å². The van der Waals surface area contributed by atoms with Crippen molar-refractivity contribution in [2.24, 2.45) is 0 Å². The van der Waals surface area contributed by atoms with Gasteiger partial charge in [-0.15, -0.1) is 0 Å². The first-order chi connectivity index (χ1) is 12.5. The largest absolute Gasteiger partial charge is 0.495 e. The second-order valence-electron chi connectivity index (χ2n) is 5.43. The van der Waals surface area contributed by atoms with E-state index < -0.39 is 0 Å². The Balaban J connectivity index is 1.88. The van der Waals surface area contributed by atoms with Gasteiger partial charge in [-0.1, -0.05) is 28.1 Å². The first-order valence-electron chi connectivity index (χ1n) is 7.66. The molecule has 0 aliphatic carbocycles. The zero-order chi connectivity index (χ0) is 18.7. The number of aliphatic hydroxyl groups is 1. The molecular formula is C19H15Br2NO4. The zero-order valence-electron chi connectivity index (χ0n) is 13.8. The first kappa shape index (κ1) is 18.7. The monoisotopic (exact) mass is 479 g/mol. The average Bonchev–Trinajstić information content (AvgIpc) is 3.10. The fourth-order valence-electron chi connectivity index (χ4n) is 2.50. The fourth-order valence-corrected chi connectivity index (χ4v) is 3.89. The number of aliphatic hydroxyl groups excluding tert-OH is 1. The normalized spacial score (nSPS) is 10.6. The second-order valence-corrected chi connectivity index (χ2v) is 7.20. The van der Waals surface area contributed by atoms with Gasteiger partial charge in [-0.2, -0.15) is 0 Å². The average molecular weight is 481 g/mol. The highest BCUT2D eigenvalue weighted by Gasteiger charge is 2.17. The third kappa shape index (κ3) is 4.00. The maximum atomic E-state index is 12.7. The number of anilines is 1. The Morgan fingerprint density at radius 3 is 2.69 bits per heavy atom. The van der Waals surface area contributed by atoms with Gasteiger partial charge in [-0.25, -0.2) is 0 Å². The van der Waals surface area contributed by atoms with E-state index >= 15 is 0 Å². The summed E-state index contributed by atoms with van der Waals surface area (Å²) in [4.78, 5) is 12.7. The van der Waals surface area contributed by atoms with Crippen LogP contribution in [0.2, 0.25) is 0 Å². The molecule has 0 radical (unpaired) electrons. The van der Waals surface area contributed by atoms with Crippen LogP contribution in [0.1, 0.15) is 16.1 Å². The minimum atomic E-state index is -0.295. The summed E-state index contributed by atoms with van der Waals surface area (Å²) in [5.74, 6) is 1.27. The molecule has 3 aromatic rings. The van der Waals surface area contributed by atoms with Crippen LogP contribution >= 0.6 is 31.9 Å². The molecule has 3 rings (SSSR count). The van der Waals surface area contributed by atoms with Crippen molar-refractivity contribution in [3.05, 3.63) is 68.8 Å². The molecule has 5 nitrogen and oxygen atoms in total. The summed E-state index contributed by atoms with van der Waals surface area (Å²) in [6, 6.07) is 14.3. The van der Waals surface area contributed by atoms with E-state index in [9.17, 15) is 4.79 Å². The molecule has 0 bridgehead atoms. The number of methoxy groups -OCH3 is 1. The molecule has 2 aromatic carbocycles. The van der Waals surface area contributed by atoms with E-state index in [1.807, 2.05) is 18.2 Å². The van der Waals surface area contributed by atoms with Gasteiger partial charge in [-0.05, 0) is 52.3 Å². The predicted molar refractivity (Wildman–Crippen MR) is 106 cm³/mol. The maximum absolute atomic E-state index is 12.7. The van der Waals surface area contributed by atoms with Crippen molar-refractivity contribution in [3.8, 4) is 17.1 Å². The van der Waals surface area contributed by atoms with Crippen LogP contribution in [0.4, 0.5) is 5.69 Å². The molecule has 0 aliphatic heterocycles. The van der Waals surface area contributed by atoms with Crippen molar-refractivity contribution >= 4 is 43.5 Å². The quantitative estimate of drug-likeness (QED) is 0.524. The van der Waals surface area contributed by atoms with E-state index in [2.05, 4.69) is 37.2 Å². The van der Waals surface area contributed by atoms with Gasteiger partial charge in [0, 0.05) is 15.7 Å². The van der Waals surface area contributed by atoms with Gasteiger partial charge < -0.3 is 19.6 Å². The minimum absolute atomic E-state index is 0.159. The van der Waals surface area contributed by atoms with E-state index in [0.717, 1.165) is 10.0 Å². The lowest BCUT2D eigenvalue weighted by atomic mass is 10.1. The van der Waals surface area contributed by atoms with Crippen molar-refractivity contribution in [1.82, 2.24) is 0 Å². The van der Waals surface area contributed by atoms with Crippen LogP contribution in [0.3, 0.4) is 0 Å². The van der Waals surface area contributed by atoms with Crippen LogP contribution in [-0.4, -0.2) is 18.1 Å².